The summed E-state index contributed by atoms with van der Waals surface area (Å²) in [6, 6.07) is 13.7. The van der Waals surface area contributed by atoms with Crippen LogP contribution in [0.1, 0.15) is 29.8 Å². The summed E-state index contributed by atoms with van der Waals surface area (Å²) in [5.41, 5.74) is 0.584. The van der Waals surface area contributed by atoms with Crippen LogP contribution in [0.3, 0.4) is 0 Å². The molecule has 1 aliphatic heterocycles. The number of piperazine rings is 1. The van der Waals surface area contributed by atoms with Crippen LogP contribution in [-0.4, -0.2) is 61.5 Å². The number of methoxy groups -OCH3 is 1. The van der Waals surface area contributed by atoms with Crippen molar-refractivity contribution < 1.29 is 27.8 Å². The Balaban J connectivity index is 1.65. The number of rotatable bonds is 6. The van der Waals surface area contributed by atoms with Crippen molar-refractivity contribution in [3.05, 3.63) is 59.7 Å². The smallest absolute Gasteiger partial charge is 0.387 e. The molecule has 0 aromatic heterocycles. The molecular formula is C23H26F2N2O4. The molecule has 0 unspecified atom stereocenters. The second-order valence-corrected chi connectivity index (χ2v) is 7.82. The van der Waals surface area contributed by atoms with Gasteiger partial charge in [-0.15, -0.1) is 0 Å². The lowest BCUT2D eigenvalue weighted by Gasteiger charge is -2.38. The van der Waals surface area contributed by atoms with Crippen LogP contribution < -0.4 is 9.47 Å². The number of halogens is 2. The molecule has 166 valence electrons. The standard InChI is InChI=1S/C23H26F2N2O4/c1-23(2,17-7-5-4-6-8-17)21(29)27-13-11-26(12-14-27)20(28)16-9-10-18(31-22(24)25)19(15-16)30-3/h4-10,15,22H,11-14H2,1-3H3. The van der Waals surface area contributed by atoms with Crippen LogP contribution in [0, 0.1) is 0 Å². The summed E-state index contributed by atoms with van der Waals surface area (Å²) in [6.07, 6.45) is 0. The summed E-state index contributed by atoms with van der Waals surface area (Å²) >= 11 is 0. The predicted octanol–water partition coefficient (Wildman–Crippen LogP) is 3.56. The number of alkyl halides is 2. The Morgan fingerprint density at radius 3 is 2.13 bits per heavy atom. The fourth-order valence-corrected chi connectivity index (χ4v) is 3.66. The molecule has 0 spiro atoms. The summed E-state index contributed by atoms with van der Waals surface area (Å²) in [5, 5.41) is 0. The molecule has 0 N–H and O–H groups in total. The zero-order chi connectivity index (χ0) is 22.6. The van der Waals surface area contributed by atoms with Crippen LogP contribution in [0.15, 0.2) is 48.5 Å². The fraction of sp³-hybridized carbons (Fsp3) is 0.391. The molecule has 0 aliphatic carbocycles. The average molecular weight is 432 g/mol. The first kappa shape index (κ1) is 22.5. The summed E-state index contributed by atoms with van der Waals surface area (Å²) in [6.45, 7) is 2.42. The maximum absolute atomic E-state index is 13.1. The van der Waals surface area contributed by atoms with Gasteiger partial charge in [0.1, 0.15) is 0 Å². The molecule has 1 fully saturated rings. The third-order valence-electron chi connectivity index (χ3n) is 5.51. The first-order valence-electron chi connectivity index (χ1n) is 10.0. The van der Waals surface area contributed by atoms with E-state index in [0.717, 1.165) is 5.56 Å². The zero-order valence-electron chi connectivity index (χ0n) is 17.8. The molecule has 1 saturated heterocycles. The van der Waals surface area contributed by atoms with Gasteiger partial charge in [0.2, 0.25) is 5.91 Å². The van der Waals surface area contributed by atoms with Gasteiger partial charge in [-0.2, -0.15) is 8.78 Å². The van der Waals surface area contributed by atoms with E-state index in [9.17, 15) is 18.4 Å². The molecule has 31 heavy (non-hydrogen) atoms. The van der Waals surface area contributed by atoms with Gasteiger partial charge >= 0.3 is 6.61 Å². The van der Waals surface area contributed by atoms with Crippen LogP contribution in [0.5, 0.6) is 11.5 Å². The number of carbonyl (C=O) groups excluding carboxylic acids is 2. The van der Waals surface area contributed by atoms with Crippen molar-refractivity contribution in [2.45, 2.75) is 25.9 Å². The van der Waals surface area contributed by atoms with E-state index >= 15 is 0 Å². The lowest BCUT2D eigenvalue weighted by atomic mass is 9.83. The Morgan fingerprint density at radius 1 is 0.935 bits per heavy atom. The number of benzene rings is 2. The highest BCUT2D eigenvalue weighted by atomic mass is 19.3. The van der Waals surface area contributed by atoms with Crippen LogP contribution in [0.4, 0.5) is 8.78 Å². The topological polar surface area (TPSA) is 59.1 Å². The number of hydrogen-bond acceptors (Lipinski definition) is 4. The Morgan fingerprint density at radius 2 is 1.55 bits per heavy atom. The summed E-state index contributed by atoms with van der Waals surface area (Å²) in [7, 11) is 1.32. The maximum atomic E-state index is 13.1. The Labute approximate surface area is 180 Å². The van der Waals surface area contributed by atoms with Gasteiger partial charge in [0, 0.05) is 31.7 Å². The van der Waals surface area contributed by atoms with Gasteiger partial charge in [-0.05, 0) is 37.6 Å². The lowest BCUT2D eigenvalue weighted by Crippen LogP contribution is -2.54. The van der Waals surface area contributed by atoms with Crippen LogP contribution in [0.2, 0.25) is 0 Å². The number of carbonyl (C=O) groups is 2. The lowest BCUT2D eigenvalue weighted by molar-refractivity contribution is -0.137. The monoisotopic (exact) mass is 432 g/mol. The highest BCUT2D eigenvalue weighted by Crippen LogP contribution is 2.30. The molecule has 2 aromatic carbocycles. The zero-order valence-corrected chi connectivity index (χ0v) is 17.8. The molecule has 2 aromatic rings. The van der Waals surface area contributed by atoms with Crippen molar-refractivity contribution in [1.82, 2.24) is 9.80 Å². The van der Waals surface area contributed by atoms with Gasteiger partial charge < -0.3 is 19.3 Å². The number of nitrogens with zero attached hydrogens (tertiary/aromatic N) is 2. The Bertz CT molecular complexity index is 926. The number of amides is 2. The third kappa shape index (κ3) is 4.95. The first-order valence-corrected chi connectivity index (χ1v) is 10.0. The second kappa shape index (κ2) is 9.32. The van der Waals surface area contributed by atoms with Gasteiger partial charge in [0.15, 0.2) is 11.5 Å². The predicted molar refractivity (Wildman–Crippen MR) is 112 cm³/mol. The molecule has 8 heteroatoms. The summed E-state index contributed by atoms with van der Waals surface area (Å²) in [5.74, 6) is -0.311. The second-order valence-electron chi connectivity index (χ2n) is 7.82. The molecule has 0 saturated carbocycles. The SMILES string of the molecule is COc1cc(C(=O)N2CCN(C(=O)C(C)(C)c3ccccc3)CC2)ccc1OC(F)F. The largest absolute Gasteiger partial charge is 0.493 e. The molecule has 0 radical (unpaired) electrons. The minimum Gasteiger partial charge on any atom is -0.493 e. The van der Waals surface area contributed by atoms with Crippen molar-refractivity contribution in [2.75, 3.05) is 33.3 Å². The highest BCUT2D eigenvalue weighted by molar-refractivity contribution is 5.95. The Kier molecular flexibility index (Phi) is 6.77. The molecule has 3 rings (SSSR count). The number of hydrogen-bond donors (Lipinski definition) is 0. The van der Waals surface area contributed by atoms with Crippen LogP contribution >= 0.6 is 0 Å². The third-order valence-corrected chi connectivity index (χ3v) is 5.51. The molecular weight excluding hydrogens is 406 g/mol. The molecule has 0 atom stereocenters. The van der Waals surface area contributed by atoms with Gasteiger partial charge in [-0.1, -0.05) is 30.3 Å². The van der Waals surface area contributed by atoms with Gasteiger partial charge in [0.05, 0.1) is 12.5 Å². The van der Waals surface area contributed by atoms with Gasteiger partial charge in [0.25, 0.3) is 5.91 Å². The normalized spacial score (nSPS) is 14.5. The molecule has 0 bridgehead atoms. The molecule has 6 nitrogen and oxygen atoms in total. The summed E-state index contributed by atoms with van der Waals surface area (Å²) < 4.78 is 34.5. The number of ether oxygens (including phenoxy) is 2. The van der Waals surface area contributed by atoms with Gasteiger partial charge in [-0.3, -0.25) is 9.59 Å². The van der Waals surface area contributed by atoms with Crippen molar-refractivity contribution >= 4 is 11.8 Å². The van der Waals surface area contributed by atoms with E-state index in [1.54, 1.807) is 9.80 Å². The van der Waals surface area contributed by atoms with E-state index in [4.69, 9.17) is 4.74 Å². The minimum absolute atomic E-state index is 0.0148. The average Bonchev–Trinajstić information content (AvgIpc) is 2.78. The summed E-state index contributed by atoms with van der Waals surface area (Å²) in [4.78, 5) is 29.4. The molecule has 1 heterocycles. The Hall–Kier alpha value is -3.16. The van der Waals surface area contributed by atoms with Crippen molar-refractivity contribution in [3.63, 3.8) is 0 Å². The minimum atomic E-state index is -2.98. The van der Waals surface area contributed by atoms with Crippen molar-refractivity contribution in [3.8, 4) is 11.5 Å². The van der Waals surface area contributed by atoms with E-state index in [2.05, 4.69) is 4.74 Å². The van der Waals surface area contributed by atoms with E-state index in [-0.39, 0.29) is 23.3 Å². The molecule has 1 aliphatic rings. The molecule has 2 amide bonds. The van der Waals surface area contributed by atoms with Gasteiger partial charge in [-0.25, -0.2) is 0 Å². The van der Waals surface area contributed by atoms with Crippen molar-refractivity contribution in [1.29, 1.82) is 0 Å². The maximum Gasteiger partial charge on any atom is 0.387 e. The van der Waals surface area contributed by atoms with Crippen molar-refractivity contribution in [2.24, 2.45) is 0 Å². The van der Waals surface area contributed by atoms with Crippen LogP contribution in [0.25, 0.3) is 0 Å². The quantitative estimate of drug-likeness (QED) is 0.701. The van der Waals surface area contributed by atoms with E-state index in [1.807, 2.05) is 44.2 Å². The van der Waals surface area contributed by atoms with E-state index in [1.165, 1.54) is 25.3 Å². The van der Waals surface area contributed by atoms with E-state index < -0.39 is 12.0 Å². The first-order chi connectivity index (χ1) is 14.7. The van der Waals surface area contributed by atoms with Crippen LogP contribution in [-0.2, 0) is 10.2 Å². The highest BCUT2D eigenvalue weighted by Gasteiger charge is 2.35. The fourth-order valence-electron chi connectivity index (χ4n) is 3.66. The van der Waals surface area contributed by atoms with E-state index in [0.29, 0.717) is 31.7 Å².